The number of halogens is 1. The second kappa shape index (κ2) is 10.3. The molecule has 0 radical (unpaired) electrons. The predicted molar refractivity (Wildman–Crippen MR) is 107 cm³/mol. The normalized spacial score (nSPS) is 12.6. The van der Waals surface area contributed by atoms with E-state index in [4.69, 9.17) is 10.5 Å². The molecule has 6 nitrogen and oxygen atoms in total. The van der Waals surface area contributed by atoms with E-state index in [0.29, 0.717) is 15.7 Å². The molecule has 0 saturated heterocycles. The van der Waals surface area contributed by atoms with Gasteiger partial charge in [-0.3, -0.25) is 4.79 Å². The minimum Gasteiger partial charge on any atom is -0.462 e. The number of nitrogens with one attached hydrogen (secondary N) is 1. The van der Waals surface area contributed by atoms with Gasteiger partial charge in [0.15, 0.2) is 5.13 Å². The van der Waals surface area contributed by atoms with Crippen LogP contribution in [-0.2, 0) is 9.53 Å². The zero-order valence-electron chi connectivity index (χ0n) is 15.0. The van der Waals surface area contributed by atoms with Crippen LogP contribution in [0.2, 0.25) is 0 Å². The highest BCUT2D eigenvalue weighted by molar-refractivity contribution is 7.18. The van der Waals surface area contributed by atoms with Crippen molar-refractivity contribution in [3.8, 4) is 11.3 Å². The molecule has 0 aliphatic rings. The fourth-order valence-electron chi connectivity index (χ4n) is 2.20. The summed E-state index contributed by atoms with van der Waals surface area (Å²) < 4.78 is 5.11. The van der Waals surface area contributed by atoms with Crippen molar-refractivity contribution in [2.45, 2.75) is 33.2 Å². The smallest absolute Gasteiger partial charge is 0.350 e. The number of ether oxygens (including phenoxy) is 1. The number of aromatic nitrogens is 1. The Morgan fingerprint density at radius 1 is 1.27 bits per heavy atom. The van der Waals surface area contributed by atoms with Gasteiger partial charge in [0.05, 0.1) is 18.3 Å². The number of carbonyl (C=O) groups excluding carboxylic acids is 2. The molecule has 0 aliphatic heterocycles. The molecule has 26 heavy (non-hydrogen) atoms. The first kappa shape index (κ1) is 22.1. The lowest BCUT2D eigenvalue weighted by Crippen LogP contribution is -2.40. The van der Waals surface area contributed by atoms with Crippen LogP contribution in [0.3, 0.4) is 0 Å². The highest BCUT2D eigenvalue weighted by Gasteiger charge is 2.24. The molecule has 1 amide bonds. The Morgan fingerprint density at radius 3 is 2.50 bits per heavy atom. The largest absolute Gasteiger partial charge is 0.462 e. The number of hydrogen-bond donors (Lipinski definition) is 2. The summed E-state index contributed by atoms with van der Waals surface area (Å²) in [6, 6.07) is 8.69. The van der Waals surface area contributed by atoms with Crippen molar-refractivity contribution < 1.29 is 14.3 Å². The first-order chi connectivity index (χ1) is 12.0. The van der Waals surface area contributed by atoms with Gasteiger partial charge in [0.1, 0.15) is 4.88 Å². The Bertz CT molecular complexity index is 737. The quantitative estimate of drug-likeness (QED) is 0.694. The van der Waals surface area contributed by atoms with Gasteiger partial charge in [-0.2, -0.15) is 0 Å². The summed E-state index contributed by atoms with van der Waals surface area (Å²) in [6.45, 7) is 5.92. The Labute approximate surface area is 163 Å². The minimum atomic E-state index is -0.625. The fourth-order valence-corrected chi connectivity index (χ4v) is 3.09. The third-order valence-corrected chi connectivity index (χ3v) is 4.88. The number of benzene rings is 1. The molecule has 0 aliphatic carbocycles. The summed E-state index contributed by atoms with van der Waals surface area (Å²) in [4.78, 5) is 29.3. The molecule has 0 saturated carbocycles. The fraction of sp³-hybridized carbons (Fsp3) is 0.389. The van der Waals surface area contributed by atoms with Crippen LogP contribution in [0.4, 0.5) is 5.13 Å². The molecule has 2 aromatic rings. The van der Waals surface area contributed by atoms with Crippen LogP contribution in [0.1, 0.15) is 36.9 Å². The average Bonchev–Trinajstić information content (AvgIpc) is 3.05. The number of thiazole rings is 1. The maximum absolute atomic E-state index is 12.3. The number of nitrogens with zero attached hydrogens (tertiary/aromatic N) is 1. The van der Waals surface area contributed by atoms with Gasteiger partial charge in [0.25, 0.3) is 0 Å². The third kappa shape index (κ3) is 5.27. The number of carbonyl (C=O) groups is 2. The minimum absolute atomic E-state index is 0. The molecular weight excluding hydrogens is 374 g/mol. The summed E-state index contributed by atoms with van der Waals surface area (Å²) in [7, 11) is 0. The van der Waals surface area contributed by atoms with E-state index >= 15 is 0 Å². The molecule has 3 N–H and O–H groups in total. The lowest BCUT2D eigenvalue weighted by Gasteiger charge is -2.16. The Hall–Kier alpha value is -1.96. The van der Waals surface area contributed by atoms with Crippen LogP contribution in [0.25, 0.3) is 11.3 Å². The number of amides is 1. The highest BCUT2D eigenvalue weighted by atomic mass is 35.5. The molecule has 142 valence electrons. The van der Waals surface area contributed by atoms with Gasteiger partial charge in [-0.15, -0.1) is 12.4 Å². The highest BCUT2D eigenvalue weighted by Crippen LogP contribution is 2.32. The van der Waals surface area contributed by atoms with Gasteiger partial charge in [0, 0.05) is 5.56 Å². The molecule has 2 rings (SSSR count). The lowest BCUT2D eigenvalue weighted by molar-refractivity contribution is -0.118. The molecule has 1 heterocycles. The van der Waals surface area contributed by atoms with E-state index in [1.54, 1.807) is 6.92 Å². The van der Waals surface area contributed by atoms with Crippen LogP contribution in [0.5, 0.6) is 0 Å². The van der Waals surface area contributed by atoms with E-state index < -0.39 is 12.0 Å². The van der Waals surface area contributed by atoms with Gasteiger partial charge in [-0.1, -0.05) is 61.9 Å². The van der Waals surface area contributed by atoms with Crippen LogP contribution in [0.15, 0.2) is 30.3 Å². The Balaban J connectivity index is 0.00000338. The van der Waals surface area contributed by atoms with Crippen molar-refractivity contribution in [3.63, 3.8) is 0 Å². The van der Waals surface area contributed by atoms with Crippen molar-refractivity contribution in [3.05, 3.63) is 35.2 Å². The SMILES string of the molecule is CCOC(=O)c1sc(NC(=O)C(N)C(C)CC)nc1-c1ccccc1.Cl. The second-order valence-corrected chi connectivity index (χ2v) is 6.68. The van der Waals surface area contributed by atoms with E-state index in [2.05, 4.69) is 10.3 Å². The predicted octanol–water partition coefficient (Wildman–Crippen LogP) is 3.72. The van der Waals surface area contributed by atoms with Crippen molar-refractivity contribution in [1.82, 2.24) is 4.98 Å². The van der Waals surface area contributed by atoms with Crippen LogP contribution >= 0.6 is 23.7 Å². The van der Waals surface area contributed by atoms with Crippen molar-refractivity contribution >= 4 is 40.8 Å². The maximum atomic E-state index is 12.3. The maximum Gasteiger partial charge on any atom is 0.350 e. The molecule has 8 heteroatoms. The zero-order chi connectivity index (χ0) is 18.4. The van der Waals surface area contributed by atoms with Gasteiger partial charge in [-0.25, -0.2) is 9.78 Å². The summed E-state index contributed by atoms with van der Waals surface area (Å²) >= 11 is 1.09. The number of rotatable bonds is 7. The number of nitrogens with two attached hydrogens (primary N) is 1. The van der Waals surface area contributed by atoms with E-state index in [1.165, 1.54) is 0 Å². The molecule has 2 atom stereocenters. The van der Waals surface area contributed by atoms with Gasteiger partial charge in [0.2, 0.25) is 5.91 Å². The van der Waals surface area contributed by atoms with Gasteiger partial charge >= 0.3 is 5.97 Å². The van der Waals surface area contributed by atoms with Crippen molar-refractivity contribution in [1.29, 1.82) is 0 Å². The van der Waals surface area contributed by atoms with Gasteiger partial charge < -0.3 is 15.8 Å². The summed E-state index contributed by atoms with van der Waals surface area (Å²) in [5, 5.41) is 3.06. The number of esters is 1. The van der Waals surface area contributed by atoms with E-state index in [0.717, 1.165) is 23.3 Å². The molecule has 1 aromatic carbocycles. The molecular formula is C18H24ClN3O3S. The molecule has 0 bridgehead atoms. The topological polar surface area (TPSA) is 94.3 Å². The number of anilines is 1. The lowest BCUT2D eigenvalue weighted by atomic mass is 10.00. The third-order valence-electron chi connectivity index (χ3n) is 3.93. The second-order valence-electron chi connectivity index (χ2n) is 5.68. The molecule has 2 unspecified atom stereocenters. The standard InChI is InChI=1S/C18H23N3O3S.ClH/c1-4-11(3)13(19)16(22)21-18-20-14(12-9-7-6-8-10-12)15(25-18)17(23)24-5-2;/h6-11,13H,4-5,19H2,1-3H3,(H,20,21,22);1H. The van der Waals surface area contributed by atoms with Crippen LogP contribution < -0.4 is 11.1 Å². The zero-order valence-corrected chi connectivity index (χ0v) is 16.7. The molecule has 1 aromatic heterocycles. The summed E-state index contributed by atoms with van der Waals surface area (Å²) in [6.07, 6.45) is 0.801. The first-order valence-electron chi connectivity index (χ1n) is 8.27. The molecule has 0 fully saturated rings. The van der Waals surface area contributed by atoms with Crippen molar-refractivity contribution in [2.75, 3.05) is 11.9 Å². The monoisotopic (exact) mass is 397 g/mol. The van der Waals surface area contributed by atoms with E-state index in [1.807, 2.05) is 44.2 Å². The van der Waals surface area contributed by atoms with E-state index in [9.17, 15) is 9.59 Å². The van der Waals surface area contributed by atoms with Crippen LogP contribution in [0, 0.1) is 5.92 Å². The Morgan fingerprint density at radius 2 is 1.92 bits per heavy atom. The van der Waals surface area contributed by atoms with Crippen LogP contribution in [-0.4, -0.2) is 29.5 Å². The average molecular weight is 398 g/mol. The van der Waals surface area contributed by atoms with Gasteiger partial charge in [-0.05, 0) is 12.8 Å². The first-order valence-corrected chi connectivity index (χ1v) is 9.09. The summed E-state index contributed by atoms with van der Waals surface area (Å²) in [5.74, 6) is -0.707. The Kier molecular flexibility index (Phi) is 8.71. The number of hydrogen-bond acceptors (Lipinski definition) is 6. The molecule has 0 spiro atoms. The van der Waals surface area contributed by atoms with Crippen molar-refractivity contribution in [2.24, 2.45) is 11.7 Å². The van der Waals surface area contributed by atoms with E-state index in [-0.39, 0.29) is 30.8 Å². The summed E-state index contributed by atoms with van der Waals surface area (Å²) in [5.41, 5.74) is 7.24.